The van der Waals surface area contributed by atoms with Crippen molar-refractivity contribution in [1.82, 2.24) is 10.2 Å². The van der Waals surface area contributed by atoms with Crippen LogP contribution < -0.4 is 5.32 Å². The van der Waals surface area contributed by atoms with Crippen LogP contribution in [0.1, 0.15) is 40.5 Å². The summed E-state index contributed by atoms with van der Waals surface area (Å²) in [5.74, 6) is 0.644. The fourth-order valence-corrected chi connectivity index (χ4v) is 3.49. The Kier molecular flexibility index (Phi) is 5.62. The van der Waals surface area contributed by atoms with E-state index in [0.29, 0.717) is 30.6 Å². The van der Waals surface area contributed by atoms with Crippen LogP contribution in [0.25, 0.3) is 0 Å². The van der Waals surface area contributed by atoms with Gasteiger partial charge in [-0.25, -0.2) is 8.42 Å². The highest BCUT2D eigenvalue weighted by Crippen LogP contribution is 2.13. The standard InChI is InChI=1S/C13H28N2O2S/c1-5-6-12(11-14-13(2,3)4)15-7-9-18(16,17)10-8-15/h12,14H,5-11H2,1-4H3. The zero-order valence-electron chi connectivity index (χ0n) is 12.2. The number of nitrogens with zero attached hydrogens (tertiary/aromatic N) is 1. The molecule has 18 heavy (non-hydrogen) atoms. The molecule has 0 bridgehead atoms. The molecule has 0 aromatic heterocycles. The van der Waals surface area contributed by atoms with E-state index < -0.39 is 9.84 Å². The Balaban J connectivity index is 2.52. The maximum atomic E-state index is 11.5. The van der Waals surface area contributed by atoms with Gasteiger partial charge in [-0.1, -0.05) is 13.3 Å². The van der Waals surface area contributed by atoms with E-state index in [2.05, 4.69) is 37.9 Å². The monoisotopic (exact) mass is 276 g/mol. The highest BCUT2D eigenvalue weighted by Gasteiger charge is 2.27. The summed E-state index contributed by atoms with van der Waals surface area (Å²) < 4.78 is 22.9. The lowest BCUT2D eigenvalue weighted by atomic mass is 10.1. The summed E-state index contributed by atoms with van der Waals surface area (Å²) in [6.45, 7) is 11.0. The van der Waals surface area contributed by atoms with Crippen LogP contribution >= 0.6 is 0 Å². The van der Waals surface area contributed by atoms with Crippen LogP contribution in [-0.2, 0) is 9.84 Å². The Labute approximate surface area is 112 Å². The molecule has 4 nitrogen and oxygen atoms in total. The highest BCUT2D eigenvalue weighted by atomic mass is 32.2. The maximum absolute atomic E-state index is 11.5. The Morgan fingerprint density at radius 2 is 1.78 bits per heavy atom. The normalized spacial score (nSPS) is 22.9. The van der Waals surface area contributed by atoms with E-state index in [0.717, 1.165) is 19.4 Å². The maximum Gasteiger partial charge on any atom is 0.152 e. The van der Waals surface area contributed by atoms with Crippen molar-refractivity contribution in [3.63, 3.8) is 0 Å². The molecule has 0 spiro atoms. The second kappa shape index (κ2) is 6.35. The Hall–Kier alpha value is -0.130. The number of rotatable bonds is 5. The fourth-order valence-electron chi connectivity index (χ4n) is 2.26. The summed E-state index contributed by atoms with van der Waals surface area (Å²) in [4.78, 5) is 2.34. The molecule has 1 heterocycles. The Morgan fingerprint density at radius 1 is 1.22 bits per heavy atom. The number of sulfone groups is 1. The van der Waals surface area contributed by atoms with E-state index in [1.54, 1.807) is 0 Å². The molecule has 1 N–H and O–H groups in total. The predicted molar refractivity (Wildman–Crippen MR) is 76.7 cm³/mol. The number of hydrogen-bond donors (Lipinski definition) is 1. The largest absolute Gasteiger partial charge is 0.311 e. The van der Waals surface area contributed by atoms with Crippen molar-refractivity contribution in [3.05, 3.63) is 0 Å². The first kappa shape index (κ1) is 15.9. The van der Waals surface area contributed by atoms with Crippen molar-refractivity contribution in [3.8, 4) is 0 Å². The van der Waals surface area contributed by atoms with Gasteiger partial charge in [-0.2, -0.15) is 0 Å². The molecule has 1 saturated heterocycles. The van der Waals surface area contributed by atoms with Crippen LogP contribution in [0.4, 0.5) is 0 Å². The lowest BCUT2D eigenvalue weighted by molar-refractivity contribution is 0.185. The van der Waals surface area contributed by atoms with Gasteiger partial charge in [-0.15, -0.1) is 0 Å². The van der Waals surface area contributed by atoms with Gasteiger partial charge in [0.15, 0.2) is 9.84 Å². The summed E-state index contributed by atoms with van der Waals surface area (Å²) in [5.41, 5.74) is 0.119. The molecule has 1 atom stereocenters. The van der Waals surface area contributed by atoms with Crippen molar-refractivity contribution in [2.75, 3.05) is 31.1 Å². The van der Waals surface area contributed by atoms with Gasteiger partial charge in [0, 0.05) is 31.2 Å². The summed E-state index contributed by atoms with van der Waals surface area (Å²) in [6.07, 6.45) is 2.27. The molecule has 0 aromatic rings. The lowest BCUT2D eigenvalue weighted by Gasteiger charge is -2.36. The van der Waals surface area contributed by atoms with Gasteiger partial charge in [-0.05, 0) is 27.2 Å². The minimum atomic E-state index is -2.77. The van der Waals surface area contributed by atoms with Crippen LogP contribution in [0.5, 0.6) is 0 Å². The van der Waals surface area contributed by atoms with Gasteiger partial charge in [0.2, 0.25) is 0 Å². The quantitative estimate of drug-likeness (QED) is 0.822. The van der Waals surface area contributed by atoms with E-state index in [4.69, 9.17) is 0 Å². The second-order valence-corrected chi connectivity index (χ2v) is 8.56. The number of hydrogen-bond acceptors (Lipinski definition) is 4. The van der Waals surface area contributed by atoms with Crippen molar-refractivity contribution in [1.29, 1.82) is 0 Å². The smallest absolute Gasteiger partial charge is 0.152 e. The summed E-state index contributed by atoms with van der Waals surface area (Å²) in [6, 6.07) is 0.463. The summed E-state index contributed by atoms with van der Waals surface area (Å²) in [5, 5.41) is 3.53. The van der Waals surface area contributed by atoms with Gasteiger partial charge in [0.1, 0.15) is 0 Å². The molecule has 0 radical (unpaired) electrons. The SMILES string of the molecule is CCCC(CNC(C)(C)C)N1CCS(=O)(=O)CC1. The molecule has 108 valence electrons. The van der Waals surface area contributed by atoms with E-state index in [9.17, 15) is 8.42 Å². The topological polar surface area (TPSA) is 49.4 Å². The first-order valence-electron chi connectivity index (χ1n) is 6.93. The first-order chi connectivity index (χ1) is 8.23. The van der Waals surface area contributed by atoms with Crippen molar-refractivity contribution < 1.29 is 8.42 Å². The molecule has 0 aliphatic carbocycles. The molecule has 5 heteroatoms. The van der Waals surface area contributed by atoms with Gasteiger partial charge in [0.05, 0.1) is 11.5 Å². The van der Waals surface area contributed by atoms with Gasteiger partial charge >= 0.3 is 0 Å². The molecular weight excluding hydrogens is 248 g/mol. The third-order valence-corrected chi connectivity index (χ3v) is 4.99. The van der Waals surface area contributed by atoms with E-state index in [1.807, 2.05) is 0 Å². The predicted octanol–water partition coefficient (Wildman–Crippen LogP) is 1.27. The molecule has 1 aliphatic heterocycles. The third-order valence-electron chi connectivity index (χ3n) is 3.39. The van der Waals surface area contributed by atoms with Crippen molar-refractivity contribution in [2.45, 2.75) is 52.1 Å². The fraction of sp³-hybridized carbons (Fsp3) is 1.00. The highest BCUT2D eigenvalue weighted by molar-refractivity contribution is 7.91. The van der Waals surface area contributed by atoms with Crippen molar-refractivity contribution in [2.24, 2.45) is 0 Å². The molecule has 0 saturated carbocycles. The molecule has 1 unspecified atom stereocenters. The van der Waals surface area contributed by atoms with Crippen LogP contribution in [0, 0.1) is 0 Å². The minimum Gasteiger partial charge on any atom is -0.311 e. The molecule has 0 aromatic carbocycles. The first-order valence-corrected chi connectivity index (χ1v) is 8.75. The van der Waals surface area contributed by atoms with Crippen LogP contribution in [0.3, 0.4) is 0 Å². The minimum absolute atomic E-state index is 0.119. The molecule has 0 amide bonds. The van der Waals surface area contributed by atoms with Gasteiger partial charge in [0.25, 0.3) is 0 Å². The second-order valence-electron chi connectivity index (χ2n) is 6.26. The van der Waals surface area contributed by atoms with Gasteiger partial charge in [-0.3, -0.25) is 4.90 Å². The zero-order chi connectivity index (χ0) is 13.8. The number of nitrogens with one attached hydrogen (secondary N) is 1. The van der Waals surface area contributed by atoms with Gasteiger partial charge < -0.3 is 5.32 Å². The Bertz CT molecular complexity index is 332. The molecule has 1 fully saturated rings. The lowest BCUT2D eigenvalue weighted by Crippen LogP contribution is -2.52. The van der Waals surface area contributed by atoms with Crippen molar-refractivity contribution >= 4 is 9.84 Å². The van der Waals surface area contributed by atoms with E-state index in [1.165, 1.54) is 0 Å². The Morgan fingerprint density at radius 3 is 2.22 bits per heavy atom. The van der Waals surface area contributed by atoms with Crippen LogP contribution in [0.2, 0.25) is 0 Å². The molecule has 1 rings (SSSR count). The summed E-state index contributed by atoms with van der Waals surface area (Å²) in [7, 11) is -2.77. The zero-order valence-corrected chi connectivity index (χ0v) is 13.0. The third kappa shape index (κ3) is 5.67. The molecular formula is C13H28N2O2S. The average molecular weight is 276 g/mol. The van der Waals surface area contributed by atoms with E-state index >= 15 is 0 Å². The van der Waals surface area contributed by atoms with Crippen LogP contribution in [0.15, 0.2) is 0 Å². The summed E-state index contributed by atoms with van der Waals surface area (Å²) >= 11 is 0. The van der Waals surface area contributed by atoms with E-state index in [-0.39, 0.29) is 5.54 Å². The average Bonchev–Trinajstić information content (AvgIpc) is 2.23. The molecule has 1 aliphatic rings. The van der Waals surface area contributed by atoms with Crippen LogP contribution in [-0.4, -0.2) is 56.0 Å².